The number of hydrogen-bond donors (Lipinski definition) is 1. The molecule has 1 fully saturated rings. The third kappa shape index (κ3) is 3.14. The fraction of sp³-hybridized carbons (Fsp3) is 0.353. The molecule has 24 heavy (non-hydrogen) atoms. The number of carbonyl (C=O) groups is 2. The van der Waals surface area contributed by atoms with E-state index in [0.717, 1.165) is 5.56 Å². The standard InChI is InChI=1S/C17H17ClN2O4/c1-17(16(22)23)6-3-7-20(10-17)15(21)14-9-13(19-24-14)11-4-2-5-12(18)8-11/h2,4-5,8-9H,3,6-7,10H2,1H3,(H,22,23). The third-order valence-corrected chi connectivity index (χ3v) is 4.58. The minimum Gasteiger partial charge on any atom is -0.481 e. The van der Waals surface area contributed by atoms with Crippen LogP contribution < -0.4 is 0 Å². The molecular formula is C17H17ClN2O4. The van der Waals surface area contributed by atoms with Crippen LogP contribution in [-0.2, 0) is 4.79 Å². The van der Waals surface area contributed by atoms with Crippen LogP contribution in [0, 0.1) is 5.41 Å². The Bertz CT molecular complexity index is 788. The van der Waals surface area contributed by atoms with Gasteiger partial charge in [0.1, 0.15) is 5.69 Å². The van der Waals surface area contributed by atoms with Gasteiger partial charge in [-0.05, 0) is 31.9 Å². The van der Waals surface area contributed by atoms with Crippen LogP contribution >= 0.6 is 11.6 Å². The second-order valence-electron chi connectivity index (χ2n) is 6.28. The number of benzene rings is 1. The molecule has 0 aliphatic carbocycles. The Kier molecular flexibility index (Phi) is 4.32. The Morgan fingerprint density at radius 3 is 2.88 bits per heavy atom. The minimum atomic E-state index is -0.927. The normalized spacial score (nSPS) is 20.8. The number of carboxylic acids is 1. The molecule has 0 bridgehead atoms. The summed E-state index contributed by atoms with van der Waals surface area (Å²) in [6.45, 7) is 2.33. The van der Waals surface area contributed by atoms with Gasteiger partial charge < -0.3 is 14.5 Å². The van der Waals surface area contributed by atoms with E-state index in [0.29, 0.717) is 30.1 Å². The lowest BCUT2D eigenvalue weighted by molar-refractivity contribution is -0.150. The molecule has 2 heterocycles. The first-order chi connectivity index (χ1) is 11.4. The molecule has 1 aliphatic heterocycles. The number of halogens is 1. The molecule has 2 aromatic rings. The van der Waals surface area contributed by atoms with E-state index in [9.17, 15) is 14.7 Å². The van der Waals surface area contributed by atoms with Crippen LogP contribution in [0.1, 0.15) is 30.3 Å². The summed E-state index contributed by atoms with van der Waals surface area (Å²) in [5, 5.41) is 13.8. The van der Waals surface area contributed by atoms with Gasteiger partial charge in [-0.2, -0.15) is 0 Å². The van der Waals surface area contributed by atoms with Crippen molar-refractivity contribution in [3.8, 4) is 11.3 Å². The fourth-order valence-electron chi connectivity index (χ4n) is 2.90. The summed E-state index contributed by atoms with van der Waals surface area (Å²) in [6.07, 6.45) is 1.19. The van der Waals surface area contributed by atoms with Crippen molar-refractivity contribution in [1.29, 1.82) is 0 Å². The maximum Gasteiger partial charge on any atom is 0.311 e. The summed E-state index contributed by atoms with van der Waals surface area (Å²) in [5.74, 6) is -1.14. The first kappa shape index (κ1) is 16.5. The number of amides is 1. The summed E-state index contributed by atoms with van der Waals surface area (Å²) in [7, 11) is 0. The molecule has 126 valence electrons. The van der Waals surface area contributed by atoms with Gasteiger partial charge in [0.25, 0.3) is 5.91 Å². The lowest BCUT2D eigenvalue weighted by Gasteiger charge is -2.36. The molecule has 1 atom stereocenters. The van der Waals surface area contributed by atoms with Crippen LogP contribution in [0.3, 0.4) is 0 Å². The van der Waals surface area contributed by atoms with Gasteiger partial charge in [0.05, 0.1) is 5.41 Å². The molecule has 1 amide bonds. The average molecular weight is 349 g/mol. The molecule has 1 aromatic carbocycles. The summed E-state index contributed by atoms with van der Waals surface area (Å²) >= 11 is 5.96. The maximum absolute atomic E-state index is 12.6. The van der Waals surface area contributed by atoms with Gasteiger partial charge in [0, 0.05) is 29.7 Å². The molecule has 0 saturated carbocycles. The Hall–Kier alpha value is -2.34. The maximum atomic E-state index is 12.6. The molecule has 6 nitrogen and oxygen atoms in total. The number of piperidine rings is 1. The minimum absolute atomic E-state index is 0.0969. The first-order valence-corrected chi connectivity index (χ1v) is 8.02. The molecule has 1 aromatic heterocycles. The van der Waals surface area contributed by atoms with Crippen LogP contribution in [0.5, 0.6) is 0 Å². The number of hydrogen-bond acceptors (Lipinski definition) is 4. The van der Waals surface area contributed by atoms with Crippen molar-refractivity contribution < 1.29 is 19.2 Å². The lowest BCUT2D eigenvalue weighted by Crippen LogP contribution is -2.48. The summed E-state index contributed by atoms with van der Waals surface area (Å²) in [6, 6.07) is 8.64. The Morgan fingerprint density at radius 1 is 1.38 bits per heavy atom. The van der Waals surface area contributed by atoms with Crippen molar-refractivity contribution in [1.82, 2.24) is 10.1 Å². The smallest absolute Gasteiger partial charge is 0.311 e. The SMILES string of the molecule is CC1(C(=O)O)CCCN(C(=O)c2cc(-c3cccc(Cl)c3)no2)C1. The van der Waals surface area contributed by atoms with Gasteiger partial charge in [0.15, 0.2) is 0 Å². The van der Waals surface area contributed by atoms with E-state index in [1.807, 2.05) is 6.07 Å². The first-order valence-electron chi connectivity index (χ1n) is 7.64. The largest absolute Gasteiger partial charge is 0.481 e. The van der Waals surface area contributed by atoms with Gasteiger partial charge in [-0.1, -0.05) is 28.9 Å². The van der Waals surface area contributed by atoms with Crippen molar-refractivity contribution >= 4 is 23.5 Å². The zero-order chi connectivity index (χ0) is 17.3. The quantitative estimate of drug-likeness (QED) is 0.919. The highest BCUT2D eigenvalue weighted by Gasteiger charge is 2.40. The predicted octanol–water partition coefficient (Wildman–Crippen LogP) is 3.32. The van der Waals surface area contributed by atoms with Gasteiger partial charge in [0.2, 0.25) is 5.76 Å². The molecule has 1 unspecified atom stereocenters. The Morgan fingerprint density at radius 2 is 2.17 bits per heavy atom. The third-order valence-electron chi connectivity index (χ3n) is 4.34. The van der Waals surface area contributed by atoms with Crippen LogP contribution in [-0.4, -0.2) is 40.1 Å². The molecule has 1 saturated heterocycles. The van der Waals surface area contributed by atoms with E-state index in [4.69, 9.17) is 16.1 Å². The highest BCUT2D eigenvalue weighted by Crippen LogP contribution is 2.31. The van der Waals surface area contributed by atoms with Gasteiger partial charge >= 0.3 is 5.97 Å². The summed E-state index contributed by atoms with van der Waals surface area (Å²) in [5.41, 5.74) is 0.335. The number of aromatic nitrogens is 1. The monoisotopic (exact) mass is 348 g/mol. The van der Waals surface area contributed by atoms with Gasteiger partial charge in [-0.15, -0.1) is 0 Å². The van der Waals surface area contributed by atoms with E-state index in [-0.39, 0.29) is 18.2 Å². The summed E-state index contributed by atoms with van der Waals surface area (Å²) in [4.78, 5) is 25.5. The van der Waals surface area contributed by atoms with E-state index in [1.165, 1.54) is 4.90 Å². The molecular weight excluding hydrogens is 332 g/mol. The second-order valence-corrected chi connectivity index (χ2v) is 6.72. The highest BCUT2D eigenvalue weighted by atomic mass is 35.5. The zero-order valence-electron chi connectivity index (χ0n) is 13.2. The van der Waals surface area contributed by atoms with Crippen LogP contribution in [0.4, 0.5) is 0 Å². The van der Waals surface area contributed by atoms with Crippen molar-refractivity contribution in [2.75, 3.05) is 13.1 Å². The second kappa shape index (κ2) is 6.28. The summed E-state index contributed by atoms with van der Waals surface area (Å²) < 4.78 is 5.17. The van der Waals surface area contributed by atoms with Crippen molar-refractivity contribution in [2.45, 2.75) is 19.8 Å². The van der Waals surface area contributed by atoms with Crippen molar-refractivity contribution in [3.05, 3.63) is 41.1 Å². The van der Waals surface area contributed by atoms with Gasteiger partial charge in [-0.3, -0.25) is 9.59 Å². The van der Waals surface area contributed by atoms with Crippen molar-refractivity contribution in [3.63, 3.8) is 0 Å². The van der Waals surface area contributed by atoms with Crippen LogP contribution in [0.15, 0.2) is 34.9 Å². The average Bonchev–Trinajstić information content (AvgIpc) is 3.04. The fourth-order valence-corrected chi connectivity index (χ4v) is 3.09. The van der Waals surface area contributed by atoms with E-state index in [2.05, 4.69) is 5.16 Å². The highest BCUT2D eigenvalue weighted by molar-refractivity contribution is 6.30. The van der Waals surface area contributed by atoms with E-state index in [1.54, 1.807) is 31.2 Å². The van der Waals surface area contributed by atoms with E-state index >= 15 is 0 Å². The molecule has 1 aliphatic rings. The number of carbonyl (C=O) groups excluding carboxylic acids is 1. The number of nitrogens with zero attached hydrogens (tertiary/aromatic N) is 2. The number of rotatable bonds is 3. The molecule has 0 spiro atoms. The Balaban J connectivity index is 1.80. The number of carboxylic acid groups (broad SMARTS) is 1. The molecule has 0 radical (unpaired) electrons. The molecule has 7 heteroatoms. The van der Waals surface area contributed by atoms with Crippen LogP contribution in [0.2, 0.25) is 5.02 Å². The van der Waals surface area contributed by atoms with E-state index < -0.39 is 11.4 Å². The van der Waals surface area contributed by atoms with Crippen molar-refractivity contribution in [2.24, 2.45) is 5.41 Å². The topological polar surface area (TPSA) is 83.6 Å². The Labute approximate surface area is 144 Å². The van der Waals surface area contributed by atoms with Crippen LogP contribution in [0.25, 0.3) is 11.3 Å². The van der Waals surface area contributed by atoms with Gasteiger partial charge in [-0.25, -0.2) is 0 Å². The zero-order valence-corrected chi connectivity index (χ0v) is 13.9. The number of likely N-dealkylation sites (tertiary alicyclic amines) is 1. The lowest BCUT2D eigenvalue weighted by atomic mass is 9.82. The molecule has 3 rings (SSSR count). The number of aliphatic carboxylic acids is 1. The molecule has 1 N–H and O–H groups in total. The predicted molar refractivity (Wildman–Crippen MR) is 87.8 cm³/mol.